The molecule has 0 amide bonds. The normalized spacial score (nSPS) is 11.5. The van der Waals surface area contributed by atoms with Crippen molar-refractivity contribution in [2.45, 2.75) is 13.1 Å². The van der Waals surface area contributed by atoms with Crippen molar-refractivity contribution >= 4 is 66.2 Å². The molecule has 0 bridgehead atoms. The molecule has 0 aliphatic carbocycles. The van der Waals surface area contributed by atoms with Gasteiger partial charge in [0.05, 0.1) is 36.1 Å². The third-order valence-electron chi connectivity index (χ3n) is 3.83. The zero-order valence-corrected chi connectivity index (χ0v) is 18.3. The Morgan fingerprint density at radius 3 is 2.03 bits per heavy atom. The Bertz CT molecular complexity index is 1040. The third kappa shape index (κ3) is 4.21. The molecular weight excluding hydrogens is 576 g/mol. The molecular formula is C15H7Br2ClF5N3O4. The van der Waals surface area contributed by atoms with Gasteiger partial charge in [0.25, 0.3) is 11.4 Å². The van der Waals surface area contributed by atoms with E-state index in [-0.39, 0.29) is 6.07 Å². The second kappa shape index (κ2) is 8.59. The molecule has 2 aromatic rings. The molecule has 0 N–H and O–H groups in total. The van der Waals surface area contributed by atoms with E-state index in [2.05, 4.69) is 31.9 Å². The number of hydrogen-bond donors (Lipinski definition) is 0. The largest absolute Gasteiger partial charge is 0.418 e. The highest BCUT2D eigenvalue weighted by Gasteiger charge is 2.42. The monoisotopic (exact) mass is 581 g/mol. The number of nitro benzene ring substituents is 2. The number of halogens is 8. The zero-order chi connectivity index (χ0) is 23.1. The smallest absolute Gasteiger partial charge is 0.333 e. The van der Waals surface area contributed by atoms with Crippen LogP contribution in [-0.4, -0.2) is 16.4 Å². The van der Waals surface area contributed by atoms with Crippen molar-refractivity contribution in [3.05, 3.63) is 63.5 Å². The summed E-state index contributed by atoms with van der Waals surface area (Å²) in [6.45, 7) is 0.770. The van der Waals surface area contributed by atoms with E-state index in [0.29, 0.717) is 11.0 Å². The van der Waals surface area contributed by atoms with E-state index in [1.165, 1.54) is 6.92 Å². The van der Waals surface area contributed by atoms with Crippen LogP contribution in [0.3, 0.4) is 0 Å². The Kier molecular flexibility index (Phi) is 6.93. The summed E-state index contributed by atoms with van der Waals surface area (Å²) >= 11 is 11.3. The number of anilines is 2. The first-order valence-corrected chi connectivity index (χ1v) is 9.53. The predicted molar refractivity (Wildman–Crippen MR) is 104 cm³/mol. The van der Waals surface area contributed by atoms with Gasteiger partial charge in [-0.1, -0.05) is 11.6 Å². The van der Waals surface area contributed by atoms with Crippen LogP contribution in [0.25, 0.3) is 0 Å². The molecule has 0 unspecified atom stereocenters. The van der Waals surface area contributed by atoms with Crippen molar-refractivity contribution in [1.29, 1.82) is 0 Å². The molecule has 7 nitrogen and oxygen atoms in total. The van der Waals surface area contributed by atoms with Gasteiger partial charge in [-0.05, 0) is 38.8 Å². The fourth-order valence-corrected chi connectivity index (χ4v) is 4.40. The lowest BCUT2D eigenvalue weighted by molar-refractivity contribution is -0.394. The van der Waals surface area contributed by atoms with Crippen molar-refractivity contribution in [3.8, 4) is 0 Å². The van der Waals surface area contributed by atoms with Crippen LogP contribution >= 0.6 is 43.5 Å². The molecule has 0 spiro atoms. The number of non-ortho nitro benzene ring substituents is 1. The molecule has 0 aliphatic heterocycles. The molecule has 0 heterocycles. The van der Waals surface area contributed by atoms with Gasteiger partial charge in [0.1, 0.15) is 10.7 Å². The molecule has 162 valence electrons. The minimum absolute atomic E-state index is 0.0956. The quantitative estimate of drug-likeness (QED) is 0.123. The SMILES string of the molecule is CCN(c1c([N+](=O)[O-])cc([N+](=O)[O-])cc1C(F)(F)F)c1c(Cl)c(F)c(Br)c(F)c1Br. The van der Waals surface area contributed by atoms with Gasteiger partial charge in [-0.25, -0.2) is 8.78 Å². The van der Waals surface area contributed by atoms with Gasteiger partial charge in [-0.3, -0.25) is 20.2 Å². The number of hydrogen-bond acceptors (Lipinski definition) is 5. The van der Waals surface area contributed by atoms with E-state index < -0.39 is 76.5 Å². The lowest BCUT2D eigenvalue weighted by atomic mass is 10.1. The maximum absolute atomic E-state index is 14.3. The fourth-order valence-electron chi connectivity index (χ4n) is 2.61. The standard InChI is InChI=1S/C15H7Br2ClF5N3O4/c1-2-24(14-9(17)11(19)8(16)12(20)10(14)18)13-6(15(21,22)23)3-5(25(27)28)4-7(13)26(29)30/h3-4H,2H2,1H3. The van der Waals surface area contributed by atoms with Crippen LogP contribution in [0.1, 0.15) is 12.5 Å². The lowest BCUT2D eigenvalue weighted by Gasteiger charge is -2.28. The molecule has 2 rings (SSSR count). The van der Waals surface area contributed by atoms with E-state index in [4.69, 9.17) is 11.6 Å². The number of alkyl halides is 3. The maximum atomic E-state index is 14.3. The van der Waals surface area contributed by atoms with Gasteiger partial charge in [-0.15, -0.1) is 0 Å². The summed E-state index contributed by atoms with van der Waals surface area (Å²) in [5.74, 6) is -2.62. The Hall–Kier alpha value is -2.06. The summed E-state index contributed by atoms with van der Waals surface area (Å²) in [4.78, 5) is 20.5. The maximum Gasteiger partial charge on any atom is 0.418 e. The highest BCUT2D eigenvalue weighted by molar-refractivity contribution is 9.11. The first-order chi connectivity index (χ1) is 13.7. The van der Waals surface area contributed by atoms with Gasteiger partial charge in [0.15, 0.2) is 11.6 Å². The van der Waals surface area contributed by atoms with Crippen LogP contribution in [0, 0.1) is 31.9 Å². The molecule has 2 aromatic carbocycles. The van der Waals surface area contributed by atoms with Gasteiger partial charge < -0.3 is 4.90 Å². The molecule has 15 heteroatoms. The minimum atomic E-state index is -5.29. The van der Waals surface area contributed by atoms with Gasteiger partial charge in [0, 0.05) is 12.6 Å². The Morgan fingerprint density at radius 2 is 1.60 bits per heavy atom. The molecule has 30 heavy (non-hydrogen) atoms. The molecule has 0 fully saturated rings. The summed E-state index contributed by atoms with van der Waals surface area (Å²) in [6, 6.07) is 0.416. The zero-order valence-electron chi connectivity index (χ0n) is 14.4. The summed E-state index contributed by atoms with van der Waals surface area (Å²) in [5, 5.41) is 21.6. The number of nitro groups is 2. The van der Waals surface area contributed by atoms with Crippen molar-refractivity contribution in [2.24, 2.45) is 0 Å². The van der Waals surface area contributed by atoms with Gasteiger partial charge >= 0.3 is 6.18 Å². The van der Waals surface area contributed by atoms with Crippen molar-refractivity contribution in [3.63, 3.8) is 0 Å². The first-order valence-electron chi connectivity index (χ1n) is 7.56. The average Bonchev–Trinajstić information content (AvgIpc) is 2.66. The second-order valence-corrected chi connectivity index (χ2v) is 7.50. The van der Waals surface area contributed by atoms with E-state index in [1.807, 2.05) is 0 Å². The molecule has 0 radical (unpaired) electrons. The molecule has 0 aromatic heterocycles. The second-order valence-electron chi connectivity index (χ2n) is 5.54. The summed E-state index contributed by atoms with van der Waals surface area (Å²) in [6.07, 6.45) is -5.29. The van der Waals surface area contributed by atoms with Crippen LogP contribution in [0.2, 0.25) is 5.02 Å². The number of rotatable bonds is 5. The van der Waals surface area contributed by atoms with E-state index in [0.717, 1.165) is 0 Å². The van der Waals surface area contributed by atoms with E-state index in [1.54, 1.807) is 0 Å². The first kappa shape index (κ1) is 24.2. The topological polar surface area (TPSA) is 89.5 Å². The van der Waals surface area contributed by atoms with Crippen LogP contribution < -0.4 is 4.90 Å². The summed E-state index contributed by atoms with van der Waals surface area (Å²) < 4.78 is 68.4. The highest BCUT2D eigenvalue weighted by atomic mass is 79.9. The lowest BCUT2D eigenvalue weighted by Crippen LogP contribution is -2.24. The van der Waals surface area contributed by atoms with E-state index in [9.17, 15) is 42.2 Å². The van der Waals surface area contributed by atoms with Crippen LogP contribution in [0.5, 0.6) is 0 Å². The highest BCUT2D eigenvalue weighted by Crippen LogP contribution is 2.50. The van der Waals surface area contributed by atoms with Crippen LogP contribution in [-0.2, 0) is 6.18 Å². The van der Waals surface area contributed by atoms with Crippen LogP contribution in [0.4, 0.5) is 44.7 Å². The third-order valence-corrected chi connectivity index (χ3v) is 5.60. The molecule has 0 aliphatic rings. The Balaban J connectivity index is 3.05. The summed E-state index contributed by atoms with van der Waals surface area (Å²) in [5.41, 5.74) is -6.07. The van der Waals surface area contributed by atoms with Crippen molar-refractivity contribution in [2.75, 3.05) is 11.4 Å². The van der Waals surface area contributed by atoms with E-state index >= 15 is 0 Å². The Labute approximate surface area is 186 Å². The Morgan fingerprint density at radius 1 is 1.03 bits per heavy atom. The summed E-state index contributed by atoms with van der Waals surface area (Å²) in [7, 11) is 0. The fraction of sp³-hybridized carbons (Fsp3) is 0.200. The number of nitrogens with zero attached hydrogens (tertiary/aromatic N) is 3. The molecule has 0 saturated carbocycles. The van der Waals surface area contributed by atoms with Gasteiger partial charge in [0.2, 0.25) is 0 Å². The minimum Gasteiger partial charge on any atom is -0.333 e. The van der Waals surface area contributed by atoms with Crippen molar-refractivity contribution in [1.82, 2.24) is 0 Å². The molecule has 0 atom stereocenters. The predicted octanol–water partition coefficient (Wildman–Crippen LogP) is 7.14. The average molecular weight is 583 g/mol. The van der Waals surface area contributed by atoms with Crippen LogP contribution in [0.15, 0.2) is 21.1 Å². The van der Waals surface area contributed by atoms with Gasteiger partial charge in [-0.2, -0.15) is 13.2 Å². The van der Waals surface area contributed by atoms with Crippen molar-refractivity contribution < 1.29 is 31.8 Å². The number of benzene rings is 2. The molecule has 0 saturated heterocycles.